The molecule has 3 aliphatic carbocycles. The summed E-state index contributed by atoms with van der Waals surface area (Å²) in [5, 5.41) is 3.64. The Kier molecular flexibility index (Phi) is 15.1. The van der Waals surface area contributed by atoms with E-state index in [0.717, 1.165) is 89.3 Å². The molecule has 14 heteroatoms. The van der Waals surface area contributed by atoms with Gasteiger partial charge in [0.15, 0.2) is 5.78 Å². The summed E-state index contributed by atoms with van der Waals surface area (Å²) in [5.74, 6) is 3.19. The lowest BCUT2D eigenvalue weighted by atomic mass is 10.0. The van der Waals surface area contributed by atoms with Gasteiger partial charge in [0.05, 0.1) is 17.1 Å². The van der Waals surface area contributed by atoms with Gasteiger partial charge in [0.2, 0.25) is 10.0 Å². The van der Waals surface area contributed by atoms with Crippen LogP contribution in [-0.2, 0) is 24.3 Å². The number of ketones is 2. The molecule has 5 saturated heterocycles. The number of carbonyl (C=O) groups is 2. The molecule has 5 aliphatic heterocycles. The van der Waals surface area contributed by atoms with Crippen LogP contribution >= 0.6 is 0 Å². The van der Waals surface area contributed by atoms with Crippen LogP contribution in [0.1, 0.15) is 94.3 Å². The van der Waals surface area contributed by atoms with Crippen molar-refractivity contribution < 1.29 is 27.5 Å². The zero-order valence-corrected chi connectivity index (χ0v) is 37.7. The number of Topliss-reactive ketones (excluding diaryl/α,β-unsaturated/α-hetero) is 2. The largest absolute Gasteiger partial charge is 0.355 e. The Bertz CT molecular complexity index is 1640. The van der Waals surface area contributed by atoms with E-state index >= 15 is 0 Å². The second-order valence-corrected chi connectivity index (χ2v) is 21.6. The summed E-state index contributed by atoms with van der Waals surface area (Å²) in [7, 11) is 4.47. The second kappa shape index (κ2) is 19.7. The average molecular weight is 842 g/mol. The van der Waals surface area contributed by atoms with E-state index in [9.17, 15) is 18.0 Å². The smallest absolute Gasteiger partial charge is 0.245 e. The van der Waals surface area contributed by atoms with E-state index in [1.54, 1.807) is 28.6 Å². The Labute approximate surface area is 355 Å². The van der Waals surface area contributed by atoms with E-state index in [2.05, 4.69) is 39.0 Å². The van der Waals surface area contributed by atoms with Crippen molar-refractivity contribution in [3.63, 3.8) is 0 Å². The van der Waals surface area contributed by atoms with Gasteiger partial charge < -0.3 is 34.0 Å². The molecular formula is C45H75N7O6S. The molecule has 59 heavy (non-hydrogen) atoms. The predicted molar refractivity (Wildman–Crippen MR) is 231 cm³/mol. The molecule has 0 amide bonds. The molecule has 1 aromatic carbocycles. The standard InChI is InChI=1S/C22H33N3O4S.C14H27N3O.C9H15NO/c1-17(26)19-6-8-21(9-7-19)30(27,28)25-16-20(15-23(2)3)29-22(25)10-12-24(13-11-22)14-18-4-5-18;1-16(2)11-13-9-15-14(18-13)5-7-17(8-6-14)10-12-3-4-12;11-9-3-5-10(6-4-9)7-8-1-2-8/h6-9,18,20H,4-5,10-16H2,1-3H3;12-13,15H,3-11H2,1-2H3;8H,1-7H2. The number of carbonyl (C=O) groups excluding carboxylic acids is 2. The molecule has 2 unspecified atom stereocenters. The van der Waals surface area contributed by atoms with E-state index in [0.29, 0.717) is 43.4 Å². The lowest BCUT2D eigenvalue weighted by Gasteiger charge is -2.43. The molecule has 9 rings (SSSR count). The first kappa shape index (κ1) is 45.2. The first-order valence-electron chi connectivity index (χ1n) is 22.9. The second-order valence-electron chi connectivity index (χ2n) is 19.7. The number of nitrogens with one attached hydrogen (secondary N) is 1. The van der Waals surface area contributed by atoms with E-state index in [1.165, 1.54) is 71.6 Å². The monoisotopic (exact) mass is 842 g/mol. The third-order valence-electron chi connectivity index (χ3n) is 13.6. The van der Waals surface area contributed by atoms with Gasteiger partial charge in [-0.05, 0) is 104 Å². The van der Waals surface area contributed by atoms with Crippen LogP contribution in [0.15, 0.2) is 29.2 Å². The maximum absolute atomic E-state index is 13.6. The van der Waals surface area contributed by atoms with E-state index in [4.69, 9.17) is 9.47 Å². The van der Waals surface area contributed by atoms with Crippen LogP contribution in [0.5, 0.6) is 0 Å². The topological polar surface area (TPSA) is 118 Å². The number of benzene rings is 1. The van der Waals surface area contributed by atoms with Gasteiger partial charge in [0.25, 0.3) is 0 Å². The van der Waals surface area contributed by atoms with E-state index < -0.39 is 15.7 Å². The van der Waals surface area contributed by atoms with Crippen molar-refractivity contribution in [2.45, 2.75) is 113 Å². The number of hydrogen-bond acceptors (Lipinski definition) is 12. The number of rotatable bonds is 13. The highest BCUT2D eigenvalue weighted by Gasteiger charge is 2.54. The molecule has 3 saturated carbocycles. The number of likely N-dealkylation sites (tertiary alicyclic amines) is 3. The van der Waals surface area contributed by atoms with Crippen LogP contribution in [-0.4, -0.2) is 186 Å². The zero-order valence-electron chi connectivity index (χ0n) is 36.9. The van der Waals surface area contributed by atoms with Crippen molar-refractivity contribution in [2.75, 3.05) is 113 Å². The van der Waals surface area contributed by atoms with Gasteiger partial charge in [-0.25, -0.2) is 8.42 Å². The third kappa shape index (κ3) is 12.9. The van der Waals surface area contributed by atoms with Crippen molar-refractivity contribution in [1.29, 1.82) is 0 Å². The molecule has 332 valence electrons. The summed E-state index contributed by atoms with van der Waals surface area (Å²) in [4.78, 5) is 34.5. The van der Waals surface area contributed by atoms with Gasteiger partial charge in [-0.1, -0.05) is 12.1 Å². The summed E-state index contributed by atoms with van der Waals surface area (Å²) in [6.07, 6.45) is 13.9. The number of piperidine rings is 3. The van der Waals surface area contributed by atoms with Gasteiger partial charge in [-0.3, -0.25) is 14.9 Å². The number of hydrogen-bond donors (Lipinski definition) is 1. The van der Waals surface area contributed by atoms with Crippen LogP contribution in [0.2, 0.25) is 0 Å². The Morgan fingerprint density at radius 2 is 1.19 bits per heavy atom. The normalized spacial score (nSPS) is 27.9. The Morgan fingerprint density at radius 3 is 1.66 bits per heavy atom. The van der Waals surface area contributed by atoms with Gasteiger partial charge in [0.1, 0.15) is 17.2 Å². The number of sulfonamides is 1. The minimum Gasteiger partial charge on any atom is -0.355 e. The third-order valence-corrected chi connectivity index (χ3v) is 15.5. The molecule has 0 radical (unpaired) electrons. The number of likely N-dealkylation sites (N-methyl/N-ethyl adjacent to an activating group) is 2. The van der Waals surface area contributed by atoms with E-state index in [-0.39, 0.29) is 22.5 Å². The van der Waals surface area contributed by atoms with Gasteiger partial charge in [-0.2, -0.15) is 4.31 Å². The molecule has 1 N–H and O–H groups in total. The fraction of sp³-hybridized carbons (Fsp3) is 0.822. The molecule has 5 heterocycles. The first-order valence-corrected chi connectivity index (χ1v) is 24.4. The molecule has 1 aromatic rings. The Morgan fingerprint density at radius 1 is 0.712 bits per heavy atom. The van der Waals surface area contributed by atoms with Crippen molar-refractivity contribution in [3.8, 4) is 0 Å². The molecule has 8 aliphatic rings. The van der Waals surface area contributed by atoms with Crippen LogP contribution in [0.25, 0.3) is 0 Å². The molecule has 8 fully saturated rings. The molecule has 13 nitrogen and oxygen atoms in total. The molecule has 2 atom stereocenters. The fourth-order valence-corrected chi connectivity index (χ4v) is 11.4. The SMILES string of the molecule is CC(=O)c1ccc(S(=O)(=O)N2CC(CN(C)C)OC23CCN(CC2CC2)CC3)cc1.CN(C)CC1CNC2(CCN(CC3CC3)CC2)O1.O=C1CCN(CC2CC2)CC1. The van der Waals surface area contributed by atoms with Crippen LogP contribution in [0, 0.1) is 17.8 Å². The van der Waals surface area contributed by atoms with Crippen LogP contribution in [0.3, 0.4) is 0 Å². The summed E-state index contributed by atoms with van der Waals surface area (Å²) in [5.41, 5.74) is -0.264. The van der Waals surface area contributed by atoms with Crippen molar-refractivity contribution in [2.24, 2.45) is 17.8 Å². The lowest BCUT2D eigenvalue weighted by molar-refractivity contribution is -0.121. The minimum absolute atomic E-state index is 0.000722. The van der Waals surface area contributed by atoms with Crippen molar-refractivity contribution in [3.05, 3.63) is 29.8 Å². The molecule has 0 bridgehead atoms. The van der Waals surface area contributed by atoms with Gasteiger partial charge in [0, 0.05) is 129 Å². The van der Waals surface area contributed by atoms with Gasteiger partial charge in [-0.15, -0.1) is 0 Å². The fourth-order valence-electron chi connectivity index (χ4n) is 9.60. The average Bonchev–Trinajstić information content (AvgIpc) is 4.13. The number of ether oxygens (including phenoxy) is 2. The van der Waals surface area contributed by atoms with Crippen molar-refractivity contribution in [1.82, 2.24) is 34.1 Å². The molecule has 2 spiro atoms. The number of nitrogens with zero attached hydrogens (tertiary/aromatic N) is 6. The minimum atomic E-state index is -3.73. The summed E-state index contributed by atoms with van der Waals surface area (Å²) >= 11 is 0. The lowest BCUT2D eigenvalue weighted by Crippen LogP contribution is -2.55. The molecule has 0 aromatic heterocycles. The summed E-state index contributed by atoms with van der Waals surface area (Å²) in [6, 6.07) is 6.27. The Hall–Kier alpha value is -1.85. The van der Waals surface area contributed by atoms with Crippen LogP contribution in [0.4, 0.5) is 0 Å². The maximum atomic E-state index is 13.6. The highest BCUT2D eigenvalue weighted by molar-refractivity contribution is 7.89. The quantitative estimate of drug-likeness (QED) is 0.291. The van der Waals surface area contributed by atoms with Crippen LogP contribution < -0.4 is 5.32 Å². The van der Waals surface area contributed by atoms with Crippen molar-refractivity contribution >= 4 is 21.6 Å². The zero-order chi connectivity index (χ0) is 41.8. The first-order chi connectivity index (χ1) is 28.2. The maximum Gasteiger partial charge on any atom is 0.245 e. The summed E-state index contributed by atoms with van der Waals surface area (Å²) in [6.45, 7) is 14.5. The van der Waals surface area contributed by atoms with Gasteiger partial charge >= 0.3 is 0 Å². The van der Waals surface area contributed by atoms with E-state index in [1.807, 2.05) is 19.0 Å². The summed E-state index contributed by atoms with van der Waals surface area (Å²) < 4.78 is 41.6. The predicted octanol–water partition coefficient (Wildman–Crippen LogP) is 3.84. The Balaban J connectivity index is 0.000000152. The molecular weight excluding hydrogens is 767 g/mol. The highest BCUT2D eigenvalue weighted by atomic mass is 32.2. The highest BCUT2D eigenvalue weighted by Crippen LogP contribution is 2.42.